The summed E-state index contributed by atoms with van der Waals surface area (Å²) in [6, 6.07) is 10.4. The lowest BCUT2D eigenvalue weighted by atomic mass is 9.76. The second kappa shape index (κ2) is 7.95. The van der Waals surface area contributed by atoms with Crippen LogP contribution in [-0.4, -0.2) is 30.3 Å². The van der Waals surface area contributed by atoms with Gasteiger partial charge in [-0.3, -0.25) is 4.79 Å². The maximum absolute atomic E-state index is 12.8. The van der Waals surface area contributed by atoms with E-state index in [1.807, 2.05) is 6.07 Å². The third-order valence-corrected chi connectivity index (χ3v) is 4.92. The normalized spacial score (nSPS) is 27.1. The molecule has 1 saturated heterocycles. The molecule has 2 unspecified atom stereocenters. The molecule has 2 fully saturated rings. The Hall–Kier alpha value is -0.860. The predicted molar refractivity (Wildman–Crippen MR) is 89.1 cm³/mol. The van der Waals surface area contributed by atoms with Gasteiger partial charge in [-0.2, -0.15) is 0 Å². The highest BCUT2D eigenvalue weighted by Gasteiger charge is 2.33. The number of hydrogen-bond acceptors (Lipinski definition) is 2. The molecule has 1 saturated carbocycles. The van der Waals surface area contributed by atoms with Gasteiger partial charge < -0.3 is 4.90 Å². The summed E-state index contributed by atoms with van der Waals surface area (Å²) in [7, 11) is 0. The number of nitrogens with zero attached hydrogens (tertiary/aromatic N) is 1. The number of carbonyl (C=O) groups excluding carboxylic acids is 1. The van der Waals surface area contributed by atoms with Crippen molar-refractivity contribution in [3.8, 4) is 0 Å². The highest BCUT2D eigenvalue weighted by atomic mass is 35.5. The van der Waals surface area contributed by atoms with Gasteiger partial charge in [0.05, 0.1) is 0 Å². The van der Waals surface area contributed by atoms with Gasteiger partial charge in [0.1, 0.15) is 5.78 Å². The van der Waals surface area contributed by atoms with Crippen LogP contribution in [0.25, 0.3) is 0 Å². The van der Waals surface area contributed by atoms with Crippen LogP contribution in [-0.2, 0) is 4.79 Å². The first-order chi connectivity index (χ1) is 9.84. The van der Waals surface area contributed by atoms with Crippen molar-refractivity contribution in [2.45, 2.75) is 44.4 Å². The Kier molecular flexibility index (Phi) is 6.25. The quantitative estimate of drug-likeness (QED) is 0.839. The molecule has 2 nitrogen and oxygen atoms in total. The summed E-state index contributed by atoms with van der Waals surface area (Å²) < 4.78 is 0. The average molecular weight is 308 g/mol. The number of Topliss-reactive ketones (excluding diaryl/α,β-unsaturated/α-hetero) is 1. The maximum atomic E-state index is 12.8. The SMILES string of the molecule is Cl.O=C1C(CN2CCCCC2)CCCC1c1ccccc1. The van der Waals surface area contributed by atoms with Gasteiger partial charge in [-0.15, -0.1) is 12.4 Å². The van der Waals surface area contributed by atoms with Crippen LogP contribution in [0, 0.1) is 5.92 Å². The minimum atomic E-state index is 0. The Morgan fingerprint density at radius 1 is 0.952 bits per heavy atom. The molecule has 0 spiro atoms. The smallest absolute Gasteiger partial charge is 0.144 e. The molecule has 0 aromatic heterocycles. The van der Waals surface area contributed by atoms with Gasteiger partial charge in [0.2, 0.25) is 0 Å². The van der Waals surface area contributed by atoms with E-state index in [9.17, 15) is 4.79 Å². The summed E-state index contributed by atoms with van der Waals surface area (Å²) in [6.07, 6.45) is 7.32. The topological polar surface area (TPSA) is 20.3 Å². The number of halogens is 1. The third kappa shape index (κ3) is 4.08. The summed E-state index contributed by atoms with van der Waals surface area (Å²) in [6.45, 7) is 3.39. The van der Waals surface area contributed by atoms with Gasteiger partial charge in [0, 0.05) is 18.4 Å². The minimum absolute atomic E-state index is 0. The van der Waals surface area contributed by atoms with E-state index in [1.165, 1.54) is 44.3 Å². The first kappa shape index (κ1) is 16.5. The molecular formula is C18H26ClNO. The van der Waals surface area contributed by atoms with Crippen LogP contribution in [0.4, 0.5) is 0 Å². The molecule has 1 heterocycles. The Morgan fingerprint density at radius 3 is 2.38 bits per heavy atom. The number of ketones is 1. The van der Waals surface area contributed by atoms with Crippen LogP contribution >= 0.6 is 12.4 Å². The van der Waals surface area contributed by atoms with E-state index in [4.69, 9.17) is 0 Å². The minimum Gasteiger partial charge on any atom is -0.303 e. The third-order valence-electron chi connectivity index (χ3n) is 4.92. The Labute approximate surface area is 134 Å². The largest absolute Gasteiger partial charge is 0.303 e. The van der Waals surface area contributed by atoms with E-state index in [-0.39, 0.29) is 24.2 Å². The molecule has 3 rings (SSSR count). The number of likely N-dealkylation sites (tertiary alicyclic amines) is 1. The Morgan fingerprint density at radius 2 is 1.67 bits per heavy atom. The van der Waals surface area contributed by atoms with Crippen molar-refractivity contribution in [2.24, 2.45) is 5.92 Å². The van der Waals surface area contributed by atoms with Gasteiger partial charge in [-0.1, -0.05) is 43.2 Å². The number of piperidine rings is 1. The molecule has 116 valence electrons. The first-order valence-corrected chi connectivity index (χ1v) is 8.15. The fourth-order valence-electron chi connectivity index (χ4n) is 3.79. The van der Waals surface area contributed by atoms with Crippen LogP contribution < -0.4 is 0 Å². The summed E-state index contributed by atoms with van der Waals surface area (Å²) >= 11 is 0. The second-order valence-electron chi connectivity index (χ2n) is 6.35. The maximum Gasteiger partial charge on any atom is 0.144 e. The molecule has 1 aliphatic carbocycles. The summed E-state index contributed by atoms with van der Waals surface area (Å²) in [5, 5.41) is 0. The van der Waals surface area contributed by atoms with Gasteiger partial charge in [0.15, 0.2) is 0 Å². The standard InChI is InChI=1S/C18H25NO.ClH/c20-18-16(14-19-12-5-2-6-13-19)10-7-11-17(18)15-8-3-1-4-9-15;/h1,3-4,8-9,16-17H,2,5-7,10-14H2;1H. The summed E-state index contributed by atoms with van der Waals surface area (Å²) in [5.41, 5.74) is 1.22. The van der Waals surface area contributed by atoms with Gasteiger partial charge in [-0.25, -0.2) is 0 Å². The van der Waals surface area contributed by atoms with Gasteiger partial charge in [-0.05, 0) is 44.3 Å². The van der Waals surface area contributed by atoms with Crippen LogP contribution in [0.3, 0.4) is 0 Å². The molecule has 1 aromatic rings. The average Bonchev–Trinajstić information content (AvgIpc) is 2.51. The number of carbonyl (C=O) groups is 1. The molecule has 21 heavy (non-hydrogen) atoms. The van der Waals surface area contributed by atoms with Crippen LogP contribution in [0.1, 0.15) is 50.0 Å². The molecular weight excluding hydrogens is 282 g/mol. The molecule has 0 N–H and O–H groups in total. The van der Waals surface area contributed by atoms with Crippen molar-refractivity contribution in [3.63, 3.8) is 0 Å². The highest BCUT2D eigenvalue weighted by molar-refractivity contribution is 5.88. The van der Waals surface area contributed by atoms with E-state index in [1.54, 1.807) is 0 Å². The molecule has 2 aliphatic rings. The molecule has 2 atom stereocenters. The van der Waals surface area contributed by atoms with Crippen molar-refractivity contribution >= 4 is 18.2 Å². The molecule has 0 amide bonds. The van der Waals surface area contributed by atoms with E-state index in [0.717, 1.165) is 19.4 Å². The van der Waals surface area contributed by atoms with Crippen molar-refractivity contribution in [1.82, 2.24) is 4.90 Å². The van der Waals surface area contributed by atoms with E-state index in [2.05, 4.69) is 29.2 Å². The summed E-state index contributed by atoms with van der Waals surface area (Å²) in [4.78, 5) is 15.3. The molecule has 1 aliphatic heterocycles. The van der Waals surface area contributed by atoms with Gasteiger partial charge in [0.25, 0.3) is 0 Å². The summed E-state index contributed by atoms with van der Waals surface area (Å²) in [5.74, 6) is 0.917. The number of rotatable bonds is 3. The van der Waals surface area contributed by atoms with E-state index < -0.39 is 0 Å². The van der Waals surface area contributed by atoms with Crippen LogP contribution in [0.15, 0.2) is 30.3 Å². The Balaban J connectivity index is 0.00000161. The fourth-order valence-corrected chi connectivity index (χ4v) is 3.79. The fraction of sp³-hybridized carbons (Fsp3) is 0.611. The van der Waals surface area contributed by atoms with Crippen LogP contribution in [0.5, 0.6) is 0 Å². The molecule has 1 aromatic carbocycles. The zero-order valence-electron chi connectivity index (χ0n) is 12.7. The number of benzene rings is 1. The lowest BCUT2D eigenvalue weighted by Crippen LogP contribution is -2.39. The van der Waals surface area contributed by atoms with Crippen molar-refractivity contribution in [2.75, 3.05) is 19.6 Å². The number of hydrogen-bond donors (Lipinski definition) is 0. The molecule has 3 heteroatoms. The molecule has 0 bridgehead atoms. The molecule has 0 radical (unpaired) electrons. The van der Waals surface area contributed by atoms with Gasteiger partial charge >= 0.3 is 0 Å². The van der Waals surface area contributed by atoms with E-state index in [0.29, 0.717) is 5.78 Å². The highest BCUT2D eigenvalue weighted by Crippen LogP contribution is 2.33. The first-order valence-electron chi connectivity index (χ1n) is 8.15. The van der Waals surface area contributed by atoms with Crippen molar-refractivity contribution in [3.05, 3.63) is 35.9 Å². The second-order valence-corrected chi connectivity index (χ2v) is 6.35. The van der Waals surface area contributed by atoms with E-state index >= 15 is 0 Å². The lowest BCUT2D eigenvalue weighted by Gasteiger charge is -2.34. The predicted octanol–water partition coefficient (Wildman–Crippen LogP) is 4.05. The zero-order chi connectivity index (χ0) is 13.8. The van der Waals surface area contributed by atoms with Crippen LogP contribution in [0.2, 0.25) is 0 Å². The van der Waals surface area contributed by atoms with Crippen molar-refractivity contribution in [1.29, 1.82) is 0 Å². The monoisotopic (exact) mass is 307 g/mol. The Bertz CT molecular complexity index is 442. The lowest BCUT2D eigenvalue weighted by molar-refractivity contribution is -0.127. The zero-order valence-corrected chi connectivity index (χ0v) is 13.5. The van der Waals surface area contributed by atoms with Crippen molar-refractivity contribution < 1.29 is 4.79 Å².